The van der Waals surface area contributed by atoms with Gasteiger partial charge in [0.15, 0.2) is 5.69 Å². The summed E-state index contributed by atoms with van der Waals surface area (Å²) in [5.41, 5.74) is 10.1. The van der Waals surface area contributed by atoms with E-state index in [0.29, 0.717) is 46.6 Å². The zero-order valence-electron chi connectivity index (χ0n) is 19.5. The quantitative estimate of drug-likeness (QED) is 0.327. The van der Waals surface area contributed by atoms with Crippen molar-refractivity contribution in [3.05, 3.63) is 95.2 Å². The Hall–Kier alpha value is -4.00. The Morgan fingerprint density at radius 2 is 1.65 bits per heavy atom. The van der Waals surface area contributed by atoms with Gasteiger partial charge in [-0.1, -0.05) is 36.4 Å². The number of aromatic nitrogens is 2. The van der Waals surface area contributed by atoms with Gasteiger partial charge in [0, 0.05) is 16.8 Å². The predicted molar refractivity (Wildman–Crippen MR) is 139 cm³/mol. The van der Waals surface area contributed by atoms with Gasteiger partial charge in [0.05, 0.1) is 22.0 Å². The Balaban J connectivity index is 1.58. The van der Waals surface area contributed by atoms with E-state index in [2.05, 4.69) is 9.82 Å². The second-order valence-corrected chi connectivity index (χ2v) is 12.0. The first kappa shape index (κ1) is 24.7. The van der Waals surface area contributed by atoms with Gasteiger partial charge >= 0.3 is 0 Å². The SMILES string of the molecule is NC(=O)c1nn(-c2ccc(S(N)(=O)=O)cc2)c2c1CCc1ccc(NS(=O)(=O)Cc3ccccc3)cc1-2. The molecule has 0 radical (unpaired) electrons. The summed E-state index contributed by atoms with van der Waals surface area (Å²) in [4.78, 5) is 12.1. The molecule has 1 aromatic heterocycles. The second-order valence-electron chi connectivity index (χ2n) is 8.71. The summed E-state index contributed by atoms with van der Waals surface area (Å²) in [6.45, 7) is 0. The lowest BCUT2D eigenvalue weighted by Gasteiger charge is -2.20. The number of hydrogen-bond acceptors (Lipinski definition) is 6. The fourth-order valence-corrected chi connectivity index (χ4v) is 6.18. The molecule has 0 spiro atoms. The standard InChI is InChI=1S/C25H23N5O5S2/c26-25(31)23-21-13-7-17-6-8-18(29-36(32,33)15-16-4-2-1-3-5-16)14-22(17)24(21)30(28-23)19-9-11-20(12-10-19)37(27,34)35/h1-6,8-12,14,29H,7,13,15H2,(H2,26,31)(H2,27,34,35). The molecule has 3 aromatic carbocycles. The number of rotatable bonds is 7. The molecular formula is C25H23N5O5S2. The van der Waals surface area contributed by atoms with E-state index in [-0.39, 0.29) is 16.3 Å². The highest BCUT2D eigenvalue weighted by molar-refractivity contribution is 7.91. The number of primary sulfonamides is 1. The van der Waals surface area contributed by atoms with E-state index in [4.69, 9.17) is 10.9 Å². The van der Waals surface area contributed by atoms with E-state index in [1.54, 1.807) is 36.4 Å². The zero-order chi connectivity index (χ0) is 26.4. The van der Waals surface area contributed by atoms with E-state index < -0.39 is 26.0 Å². The third kappa shape index (κ3) is 4.99. The summed E-state index contributed by atoms with van der Waals surface area (Å²) >= 11 is 0. The Bertz CT molecular complexity index is 1730. The van der Waals surface area contributed by atoms with Crippen molar-refractivity contribution >= 4 is 31.6 Å². The van der Waals surface area contributed by atoms with Crippen LogP contribution in [0.25, 0.3) is 16.9 Å². The van der Waals surface area contributed by atoms with Gasteiger partial charge in [-0.25, -0.2) is 26.7 Å². The summed E-state index contributed by atoms with van der Waals surface area (Å²) in [6.07, 6.45) is 1.12. The normalized spacial score (nSPS) is 13.0. The predicted octanol–water partition coefficient (Wildman–Crippen LogP) is 2.33. The molecular weight excluding hydrogens is 514 g/mol. The van der Waals surface area contributed by atoms with Crippen LogP contribution in [0.2, 0.25) is 0 Å². The number of primary amides is 1. The summed E-state index contributed by atoms with van der Waals surface area (Å²) in [5, 5.41) is 9.65. The highest BCUT2D eigenvalue weighted by Gasteiger charge is 2.28. The average molecular weight is 538 g/mol. The lowest BCUT2D eigenvalue weighted by molar-refractivity contribution is 0.0994. The minimum atomic E-state index is -3.89. The van der Waals surface area contributed by atoms with Crippen LogP contribution in [0.5, 0.6) is 0 Å². The molecule has 5 N–H and O–H groups in total. The smallest absolute Gasteiger partial charge is 0.269 e. The lowest BCUT2D eigenvalue weighted by atomic mass is 9.88. The maximum atomic E-state index is 12.8. The number of aryl methyl sites for hydroxylation is 1. The maximum Gasteiger partial charge on any atom is 0.269 e. The number of fused-ring (bicyclic) bond motifs is 3. The summed E-state index contributed by atoms with van der Waals surface area (Å²) in [6, 6.07) is 19.8. The van der Waals surface area contributed by atoms with Crippen molar-refractivity contribution < 1.29 is 21.6 Å². The number of carbonyl (C=O) groups excluding carboxylic acids is 1. The number of nitrogens with two attached hydrogens (primary N) is 2. The fraction of sp³-hybridized carbons (Fsp3) is 0.120. The van der Waals surface area contributed by atoms with Crippen LogP contribution in [0, 0.1) is 0 Å². The van der Waals surface area contributed by atoms with Gasteiger partial charge in [-0.3, -0.25) is 9.52 Å². The Morgan fingerprint density at radius 3 is 2.30 bits per heavy atom. The minimum Gasteiger partial charge on any atom is -0.364 e. The Kier molecular flexibility index (Phi) is 6.10. The lowest BCUT2D eigenvalue weighted by Crippen LogP contribution is -2.16. The van der Waals surface area contributed by atoms with Gasteiger partial charge in [-0.15, -0.1) is 0 Å². The minimum absolute atomic E-state index is 0.0668. The Morgan fingerprint density at radius 1 is 0.946 bits per heavy atom. The molecule has 1 amide bonds. The highest BCUT2D eigenvalue weighted by Crippen LogP contribution is 2.38. The van der Waals surface area contributed by atoms with Crippen molar-refractivity contribution in [1.29, 1.82) is 0 Å². The monoisotopic (exact) mass is 537 g/mol. The van der Waals surface area contributed by atoms with Crippen LogP contribution in [-0.4, -0.2) is 32.5 Å². The molecule has 1 aliphatic carbocycles. The number of sulfonamides is 2. The largest absolute Gasteiger partial charge is 0.364 e. The van der Waals surface area contributed by atoms with Crippen LogP contribution in [0.3, 0.4) is 0 Å². The first-order valence-electron chi connectivity index (χ1n) is 11.2. The number of benzene rings is 3. The van der Waals surface area contributed by atoms with Gasteiger partial charge < -0.3 is 5.73 Å². The first-order valence-corrected chi connectivity index (χ1v) is 14.4. The molecule has 0 aliphatic heterocycles. The van der Waals surface area contributed by atoms with Crippen molar-refractivity contribution in [3.8, 4) is 16.9 Å². The van der Waals surface area contributed by atoms with Gasteiger partial charge in [0.1, 0.15) is 0 Å². The third-order valence-electron chi connectivity index (χ3n) is 6.11. The number of hydrogen-bond donors (Lipinski definition) is 3. The molecule has 12 heteroatoms. The second kappa shape index (κ2) is 9.14. The van der Waals surface area contributed by atoms with Crippen molar-refractivity contribution in [3.63, 3.8) is 0 Å². The first-order chi connectivity index (χ1) is 17.5. The molecule has 37 heavy (non-hydrogen) atoms. The summed E-state index contributed by atoms with van der Waals surface area (Å²) in [5.74, 6) is -0.879. The van der Waals surface area contributed by atoms with Crippen LogP contribution in [0.1, 0.15) is 27.2 Å². The van der Waals surface area contributed by atoms with Crippen molar-refractivity contribution in [2.24, 2.45) is 10.9 Å². The van der Waals surface area contributed by atoms with Crippen LogP contribution in [0.15, 0.2) is 77.7 Å². The molecule has 4 aromatic rings. The number of anilines is 1. The average Bonchev–Trinajstić information content (AvgIpc) is 3.24. The molecule has 5 rings (SSSR count). The van der Waals surface area contributed by atoms with Gasteiger partial charge in [0.25, 0.3) is 5.91 Å². The van der Waals surface area contributed by atoms with E-state index in [0.717, 1.165) is 5.56 Å². The van der Waals surface area contributed by atoms with Crippen LogP contribution in [-0.2, 0) is 38.6 Å². The van der Waals surface area contributed by atoms with Crippen LogP contribution < -0.4 is 15.6 Å². The molecule has 0 unspecified atom stereocenters. The molecule has 0 saturated carbocycles. The number of nitrogens with one attached hydrogen (secondary N) is 1. The maximum absolute atomic E-state index is 12.8. The van der Waals surface area contributed by atoms with Gasteiger partial charge in [0.2, 0.25) is 20.0 Å². The third-order valence-corrected chi connectivity index (χ3v) is 8.30. The molecule has 0 bridgehead atoms. The Labute approximate surface area is 214 Å². The molecule has 0 atom stereocenters. The van der Waals surface area contributed by atoms with Crippen LogP contribution in [0.4, 0.5) is 5.69 Å². The van der Waals surface area contributed by atoms with Crippen LogP contribution >= 0.6 is 0 Å². The zero-order valence-corrected chi connectivity index (χ0v) is 21.1. The van der Waals surface area contributed by atoms with Gasteiger partial charge in [-0.05, 0) is 60.4 Å². The van der Waals surface area contributed by atoms with Gasteiger partial charge in [-0.2, -0.15) is 5.10 Å². The van der Waals surface area contributed by atoms with Crippen molar-refractivity contribution in [1.82, 2.24) is 9.78 Å². The molecule has 1 heterocycles. The van der Waals surface area contributed by atoms with E-state index in [1.807, 2.05) is 12.1 Å². The summed E-state index contributed by atoms with van der Waals surface area (Å²) < 4.78 is 53.2. The summed E-state index contributed by atoms with van der Waals surface area (Å²) in [7, 11) is -7.59. The molecule has 190 valence electrons. The topological polar surface area (TPSA) is 167 Å². The van der Waals surface area contributed by atoms with Crippen molar-refractivity contribution in [2.45, 2.75) is 23.5 Å². The molecule has 0 fully saturated rings. The van der Waals surface area contributed by atoms with E-state index in [1.165, 1.54) is 28.9 Å². The van der Waals surface area contributed by atoms with E-state index in [9.17, 15) is 21.6 Å². The number of carbonyl (C=O) groups is 1. The van der Waals surface area contributed by atoms with E-state index >= 15 is 0 Å². The van der Waals surface area contributed by atoms with Crippen molar-refractivity contribution in [2.75, 3.05) is 4.72 Å². The highest BCUT2D eigenvalue weighted by atomic mass is 32.2. The molecule has 1 aliphatic rings. The number of amides is 1. The fourth-order valence-electron chi connectivity index (χ4n) is 4.47. The molecule has 0 saturated heterocycles. The molecule has 10 nitrogen and oxygen atoms in total. The number of nitrogens with zero attached hydrogens (tertiary/aromatic N) is 2.